The van der Waals surface area contributed by atoms with Gasteiger partial charge >= 0.3 is 0 Å². The van der Waals surface area contributed by atoms with Gasteiger partial charge in [0.1, 0.15) is 5.76 Å². The maximum Gasteiger partial charge on any atom is 0.251 e. The molecule has 2 aromatic heterocycles. The second kappa shape index (κ2) is 4.49. The second-order valence-corrected chi connectivity index (χ2v) is 4.04. The summed E-state index contributed by atoms with van der Waals surface area (Å²) in [4.78, 5) is 13.6. The van der Waals surface area contributed by atoms with Crippen molar-refractivity contribution < 1.29 is 4.42 Å². The Bertz CT molecular complexity index is 568. The molecule has 0 aliphatic carbocycles. The number of aromatic nitrogens is 2. The van der Waals surface area contributed by atoms with Gasteiger partial charge in [0.2, 0.25) is 0 Å². The van der Waals surface area contributed by atoms with Crippen LogP contribution in [0.1, 0.15) is 18.7 Å². The van der Waals surface area contributed by atoms with Crippen molar-refractivity contribution in [1.29, 1.82) is 0 Å². The molecule has 0 fully saturated rings. The normalized spacial score (nSPS) is 12.6. The predicted octanol–water partition coefficient (Wildman–Crippen LogP) is 2.30. The smallest absolute Gasteiger partial charge is 0.251 e. The lowest BCUT2D eigenvalue weighted by Crippen LogP contribution is -2.15. The Labute approximate surface area is 97.5 Å². The molecule has 2 heterocycles. The van der Waals surface area contributed by atoms with Crippen LogP contribution in [0.25, 0.3) is 0 Å². The Balaban J connectivity index is 2.24. The first kappa shape index (κ1) is 10.9. The maximum atomic E-state index is 11.0. The Morgan fingerprint density at radius 3 is 3.00 bits per heavy atom. The summed E-state index contributed by atoms with van der Waals surface area (Å²) in [6, 6.07) is 5.39. The highest BCUT2D eigenvalue weighted by Gasteiger charge is 2.07. The van der Waals surface area contributed by atoms with Gasteiger partial charge in [-0.25, -0.2) is 0 Å². The molecule has 0 radical (unpaired) electrons. The van der Waals surface area contributed by atoms with E-state index in [2.05, 4.69) is 4.98 Å². The van der Waals surface area contributed by atoms with E-state index in [0.717, 1.165) is 12.2 Å². The van der Waals surface area contributed by atoms with E-state index in [9.17, 15) is 4.79 Å². The van der Waals surface area contributed by atoms with Crippen LogP contribution in [0.15, 0.2) is 39.9 Å². The molecule has 4 nitrogen and oxygen atoms in total. The van der Waals surface area contributed by atoms with Crippen LogP contribution in [-0.2, 0) is 6.42 Å². The van der Waals surface area contributed by atoms with E-state index in [1.165, 1.54) is 6.07 Å². The first-order valence-electron chi connectivity index (χ1n) is 5.00. The number of rotatable bonds is 3. The molecule has 1 unspecified atom stereocenters. The van der Waals surface area contributed by atoms with Crippen LogP contribution in [0.3, 0.4) is 0 Å². The van der Waals surface area contributed by atoms with Gasteiger partial charge in [0.15, 0.2) is 4.77 Å². The highest BCUT2D eigenvalue weighted by atomic mass is 32.1. The molecule has 1 N–H and O–H groups in total. The number of nitrogens with one attached hydrogen (secondary N) is 1. The van der Waals surface area contributed by atoms with Crippen LogP contribution in [0.2, 0.25) is 0 Å². The minimum atomic E-state index is -0.175. The van der Waals surface area contributed by atoms with E-state index < -0.39 is 0 Å². The Morgan fingerprint density at radius 2 is 2.38 bits per heavy atom. The van der Waals surface area contributed by atoms with E-state index in [1.54, 1.807) is 12.5 Å². The van der Waals surface area contributed by atoms with Crippen molar-refractivity contribution in [3.63, 3.8) is 0 Å². The van der Waals surface area contributed by atoms with Gasteiger partial charge in [-0.1, -0.05) is 0 Å². The van der Waals surface area contributed by atoms with E-state index in [-0.39, 0.29) is 11.6 Å². The molecule has 0 saturated heterocycles. The van der Waals surface area contributed by atoms with Crippen molar-refractivity contribution in [1.82, 2.24) is 9.55 Å². The number of nitrogens with zero attached hydrogens (tertiary/aromatic N) is 1. The van der Waals surface area contributed by atoms with Gasteiger partial charge in [0.05, 0.1) is 6.26 Å². The summed E-state index contributed by atoms with van der Waals surface area (Å²) in [6.07, 6.45) is 4.09. The number of H-pyrrole nitrogens is 1. The monoisotopic (exact) mass is 236 g/mol. The van der Waals surface area contributed by atoms with Crippen LogP contribution in [0, 0.1) is 4.77 Å². The molecule has 0 aliphatic rings. The summed E-state index contributed by atoms with van der Waals surface area (Å²) < 4.78 is 7.55. The lowest BCUT2D eigenvalue weighted by Gasteiger charge is -2.13. The average molecular weight is 236 g/mol. The van der Waals surface area contributed by atoms with Gasteiger partial charge in [-0.3, -0.25) is 9.78 Å². The summed E-state index contributed by atoms with van der Waals surface area (Å²) in [6.45, 7) is 2.02. The zero-order chi connectivity index (χ0) is 11.5. The van der Waals surface area contributed by atoms with Gasteiger partial charge in [-0.05, 0) is 31.3 Å². The highest BCUT2D eigenvalue weighted by Crippen LogP contribution is 2.13. The Hall–Kier alpha value is -1.62. The quantitative estimate of drug-likeness (QED) is 0.832. The lowest BCUT2D eigenvalue weighted by molar-refractivity contribution is 0.442. The van der Waals surface area contributed by atoms with Crippen molar-refractivity contribution in [3.8, 4) is 0 Å². The standard InChI is InChI=1S/C11H12N2O2S/c1-8(7-9-3-2-6-15-9)13-5-4-10(14)12-11(13)16/h2-6,8H,7H2,1H3,(H,12,14,16). The predicted molar refractivity (Wildman–Crippen MR) is 63.0 cm³/mol. The Morgan fingerprint density at radius 1 is 1.56 bits per heavy atom. The molecule has 0 amide bonds. The number of furan rings is 1. The van der Waals surface area contributed by atoms with Crippen molar-refractivity contribution in [3.05, 3.63) is 51.5 Å². The van der Waals surface area contributed by atoms with Crippen LogP contribution in [0.5, 0.6) is 0 Å². The van der Waals surface area contributed by atoms with Crippen molar-refractivity contribution in [2.45, 2.75) is 19.4 Å². The van der Waals surface area contributed by atoms with E-state index in [1.807, 2.05) is 23.6 Å². The minimum absolute atomic E-state index is 0.149. The molecule has 0 aromatic carbocycles. The molecule has 0 spiro atoms. The molecular weight excluding hydrogens is 224 g/mol. The maximum absolute atomic E-state index is 11.0. The van der Waals surface area contributed by atoms with Crippen LogP contribution in [-0.4, -0.2) is 9.55 Å². The van der Waals surface area contributed by atoms with E-state index in [4.69, 9.17) is 16.6 Å². The van der Waals surface area contributed by atoms with E-state index in [0.29, 0.717) is 4.77 Å². The third kappa shape index (κ3) is 2.30. The third-order valence-corrected chi connectivity index (χ3v) is 2.72. The molecule has 0 saturated carbocycles. The van der Waals surface area contributed by atoms with Crippen molar-refractivity contribution >= 4 is 12.2 Å². The number of hydrogen-bond acceptors (Lipinski definition) is 3. The first-order valence-corrected chi connectivity index (χ1v) is 5.41. The molecule has 1 atom stereocenters. The average Bonchev–Trinajstić information content (AvgIpc) is 2.70. The summed E-state index contributed by atoms with van der Waals surface area (Å²) in [5.74, 6) is 0.903. The van der Waals surface area contributed by atoms with Gasteiger partial charge in [-0.15, -0.1) is 0 Å². The molecule has 2 rings (SSSR count). The zero-order valence-electron chi connectivity index (χ0n) is 8.84. The van der Waals surface area contributed by atoms with E-state index >= 15 is 0 Å². The fourth-order valence-electron chi connectivity index (χ4n) is 1.59. The van der Waals surface area contributed by atoms with Crippen molar-refractivity contribution in [2.24, 2.45) is 0 Å². The zero-order valence-corrected chi connectivity index (χ0v) is 9.66. The number of aromatic amines is 1. The Kier molecular flexibility index (Phi) is 3.05. The molecule has 2 aromatic rings. The van der Waals surface area contributed by atoms with Crippen LogP contribution in [0.4, 0.5) is 0 Å². The van der Waals surface area contributed by atoms with Crippen LogP contribution < -0.4 is 5.56 Å². The SMILES string of the molecule is CC(Cc1ccco1)n1ccc(=O)[nH]c1=S. The number of hydrogen-bond donors (Lipinski definition) is 1. The molecule has 84 valence electrons. The fourth-order valence-corrected chi connectivity index (χ4v) is 1.93. The van der Waals surface area contributed by atoms with Gasteiger partial charge in [-0.2, -0.15) is 0 Å². The summed E-state index contributed by atoms with van der Waals surface area (Å²) >= 11 is 5.09. The summed E-state index contributed by atoms with van der Waals surface area (Å²) in [5, 5.41) is 0. The topological polar surface area (TPSA) is 50.9 Å². The summed E-state index contributed by atoms with van der Waals surface area (Å²) in [5.41, 5.74) is -0.175. The largest absolute Gasteiger partial charge is 0.469 e. The molecule has 5 heteroatoms. The third-order valence-electron chi connectivity index (χ3n) is 2.40. The summed E-state index contributed by atoms with van der Waals surface area (Å²) in [7, 11) is 0. The second-order valence-electron chi connectivity index (χ2n) is 3.65. The van der Waals surface area contributed by atoms with Gasteiger partial charge in [0.25, 0.3) is 5.56 Å². The minimum Gasteiger partial charge on any atom is -0.469 e. The molecule has 16 heavy (non-hydrogen) atoms. The molecule has 0 bridgehead atoms. The molecular formula is C11H12N2O2S. The first-order chi connectivity index (χ1) is 7.66. The van der Waals surface area contributed by atoms with Gasteiger partial charge in [0, 0.05) is 24.7 Å². The fraction of sp³-hybridized carbons (Fsp3) is 0.273. The lowest BCUT2D eigenvalue weighted by atomic mass is 10.2. The molecule has 0 aliphatic heterocycles. The highest BCUT2D eigenvalue weighted by molar-refractivity contribution is 7.71. The van der Waals surface area contributed by atoms with Gasteiger partial charge < -0.3 is 8.98 Å². The van der Waals surface area contributed by atoms with Crippen molar-refractivity contribution in [2.75, 3.05) is 0 Å². The van der Waals surface area contributed by atoms with Crippen LogP contribution >= 0.6 is 12.2 Å².